The summed E-state index contributed by atoms with van der Waals surface area (Å²) in [7, 11) is 1.81. The second kappa shape index (κ2) is 5.33. The van der Waals surface area contributed by atoms with Gasteiger partial charge in [-0.15, -0.1) is 11.3 Å². The molecule has 1 atom stereocenters. The summed E-state index contributed by atoms with van der Waals surface area (Å²) in [6.07, 6.45) is 3.91. The Morgan fingerprint density at radius 3 is 3.23 bits per heavy atom. The molecule has 3 aromatic heterocycles. The van der Waals surface area contributed by atoms with Gasteiger partial charge in [0.25, 0.3) is 5.56 Å². The third-order valence-corrected chi connectivity index (χ3v) is 5.21. The SMILES string of the molecule is Cn1ncc2c(=O)[nH]c(CN3CCC[C@@H]3c3cccs3)nc21. The number of likely N-dealkylation sites (tertiary alicyclic amines) is 1. The molecule has 1 N–H and O–H groups in total. The average molecular weight is 315 g/mol. The number of fused-ring (bicyclic) bond motifs is 1. The summed E-state index contributed by atoms with van der Waals surface area (Å²) in [5.41, 5.74) is 0.533. The van der Waals surface area contributed by atoms with Crippen molar-refractivity contribution in [1.29, 1.82) is 0 Å². The number of hydrogen-bond acceptors (Lipinski definition) is 5. The van der Waals surface area contributed by atoms with Crippen LogP contribution in [0.2, 0.25) is 0 Å². The fourth-order valence-electron chi connectivity index (χ4n) is 3.16. The van der Waals surface area contributed by atoms with Crippen LogP contribution in [0.15, 0.2) is 28.5 Å². The highest BCUT2D eigenvalue weighted by atomic mass is 32.1. The molecule has 3 aromatic rings. The third-order valence-electron chi connectivity index (χ3n) is 4.24. The molecule has 1 saturated heterocycles. The molecule has 0 radical (unpaired) electrons. The molecular formula is C15H17N5OS. The van der Waals surface area contributed by atoms with Crippen molar-refractivity contribution in [2.24, 2.45) is 7.05 Å². The van der Waals surface area contributed by atoms with Crippen LogP contribution in [0.25, 0.3) is 11.0 Å². The van der Waals surface area contributed by atoms with E-state index in [9.17, 15) is 4.79 Å². The zero-order valence-corrected chi connectivity index (χ0v) is 13.1. The summed E-state index contributed by atoms with van der Waals surface area (Å²) in [5, 5.41) is 6.77. The Bertz CT molecular complexity index is 851. The molecule has 7 heteroatoms. The van der Waals surface area contributed by atoms with Crippen molar-refractivity contribution in [2.45, 2.75) is 25.4 Å². The number of aromatic amines is 1. The Hall–Kier alpha value is -1.99. The van der Waals surface area contributed by atoms with Gasteiger partial charge in [0.05, 0.1) is 12.7 Å². The van der Waals surface area contributed by atoms with Gasteiger partial charge in [0.1, 0.15) is 11.2 Å². The number of aromatic nitrogens is 4. The topological polar surface area (TPSA) is 66.8 Å². The number of thiophene rings is 1. The largest absolute Gasteiger partial charge is 0.309 e. The third kappa shape index (κ3) is 2.26. The molecule has 0 saturated carbocycles. The van der Waals surface area contributed by atoms with Crippen molar-refractivity contribution >= 4 is 22.4 Å². The monoisotopic (exact) mass is 315 g/mol. The predicted octanol–water partition coefficient (Wildman–Crippen LogP) is 2.06. The number of aryl methyl sites for hydroxylation is 1. The van der Waals surface area contributed by atoms with Crippen molar-refractivity contribution in [3.8, 4) is 0 Å². The van der Waals surface area contributed by atoms with Gasteiger partial charge in [0.15, 0.2) is 5.65 Å². The van der Waals surface area contributed by atoms with Crippen LogP contribution in [0.1, 0.15) is 29.6 Å². The molecule has 1 fully saturated rings. The van der Waals surface area contributed by atoms with Crippen molar-refractivity contribution in [3.05, 3.63) is 44.8 Å². The zero-order valence-electron chi connectivity index (χ0n) is 12.3. The maximum Gasteiger partial charge on any atom is 0.262 e. The van der Waals surface area contributed by atoms with Crippen molar-refractivity contribution < 1.29 is 0 Å². The van der Waals surface area contributed by atoms with Gasteiger partial charge in [-0.1, -0.05) is 6.07 Å². The fourth-order valence-corrected chi connectivity index (χ4v) is 4.06. The lowest BCUT2D eigenvalue weighted by Gasteiger charge is -2.22. The fraction of sp³-hybridized carbons (Fsp3) is 0.400. The first-order valence-corrected chi connectivity index (χ1v) is 8.28. The molecule has 6 nitrogen and oxygen atoms in total. The Morgan fingerprint density at radius 2 is 2.41 bits per heavy atom. The highest BCUT2D eigenvalue weighted by Gasteiger charge is 2.27. The lowest BCUT2D eigenvalue weighted by atomic mass is 10.2. The van der Waals surface area contributed by atoms with Crippen LogP contribution in [0, 0.1) is 0 Å². The van der Waals surface area contributed by atoms with Crippen LogP contribution in [-0.2, 0) is 13.6 Å². The normalized spacial score (nSPS) is 19.2. The molecular weight excluding hydrogens is 298 g/mol. The molecule has 22 heavy (non-hydrogen) atoms. The summed E-state index contributed by atoms with van der Waals surface area (Å²) in [4.78, 5) is 23.4. The Balaban J connectivity index is 1.65. The van der Waals surface area contributed by atoms with Crippen molar-refractivity contribution in [3.63, 3.8) is 0 Å². The number of H-pyrrole nitrogens is 1. The lowest BCUT2D eigenvalue weighted by Crippen LogP contribution is -2.25. The van der Waals surface area contributed by atoms with Gasteiger partial charge in [0.2, 0.25) is 0 Å². The van der Waals surface area contributed by atoms with Crippen LogP contribution in [0.3, 0.4) is 0 Å². The summed E-state index contributed by atoms with van der Waals surface area (Å²) in [5.74, 6) is 0.713. The first kappa shape index (κ1) is 13.7. The van der Waals surface area contributed by atoms with Gasteiger partial charge in [-0.2, -0.15) is 5.10 Å². The number of rotatable bonds is 3. The van der Waals surface area contributed by atoms with Crippen LogP contribution in [-0.4, -0.2) is 31.2 Å². The van der Waals surface area contributed by atoms with Gasteiger partial charge >= 0.3 is 0 Å². The van der Waals surface area contributed by atoms with E-state index in [1.807, 2.05) is 7.05 Å². The first-order valence-electron chi connectivity index (χ1n) is 7.41. The van der Waals surface area contributed by atoms with Crippen LogP contribution in [0.4, 0.5) is 0 Å². The number of nitrogens with one attached hydrogen (secondary N) is 1. The predicted molar refractivity (Wildman–Crippen MR) is 85.8 cm³/mol. The van der Waals surface area contributed by atoms with E-state index in [2.05, 4.69) is 37.5 Å². The smallest absolute Gasteiger partial charge is 0.262 e. The van der Waals surface area contributed by atoms with Crippen LogP contribution in [0.5, 0.6) is 0 Å². The zero-order chi connectivity index (χ0) is 15.1. The molecule has 4 heterocycles. The van der Waals surface area contributed by atoms with E-state index in [0.29, 0.717) is 29.4 Å². The quantitative estimate of drug-likeness (QED) is 0.803. The van der Waals surface area contributed by atoms with E-state index >= 15 is 0 Å². The van der Waals surface area contributed by atoms with Gasteiger partial charge in [-0.05, 0) is 30.8 Å². The van der Waals surface area contributed by atoms with E-state index in [0.717, 1.165) is 6.54 Å². The standard InChI is InChI=1S/C15H17N5OS/c1-19-14-10(8-16-19)15(21)18-13(17-14)9-20-6-2-4-11(20)12-5-3-7-22-12/h3,5,7-8,11H,2,4,6,9H2,1H3,(H,17,18,21)/t11-/m1/s1. The maximum atomic E-state index is 12.1. The molecule has 114 valence electrons. The maximum absolute atomic E-state index is 12.1. The molecule has 1 aliphatic rings. The summed E-state index contributed by atoms with van der Waals surface area (Å²) >= 11 is 1.80. The highest BCUT2D eigenvalue weighted by molar-refractivity contribution is 7.10. The molecule has 0 aromatic carbocycles. The summed E-state index contributed by atoms with van der Waals surface area (Å²) < 4.78 is 1.65. The van der Waals surface area contributed by atoms with E-state index < -0.39 is 0 Å². The summed E-state index contributed by atoms with van der Waals surface area (Å²) in [6.45, 7) is 1.70. The second-order valence-corrected chi connectivity index (χ2v) is 6.64. The molecule has 0 unspecified atom stereocenters. The minimum absolute atomic E-state index is 0.111. The molecule has 0 amide bonds. The number of nitrogens with zero attached hydrogens (tertiary/aromatic N) is 4. The minimum Gasteiger partial charge on any atom is -0.309 e. The second-order valence-electron chi connectivity index (χ2n) is 5.66. The Kier molecular flexibility index (Phi) is 3.31. The Labute approximate surface area is 131 Å². The minimum atomic E-state index is -0.111. The highest BCUT2D eigenvalue weighted by Crippen LogP contribution is 2.35. The number of hydrogen-bond donors (Lipinski definition) is 1. The van der Waals surface area contributed by atoms with E-state index in [-0.39, 0.29) is 5.56 Å². The van der Waals surface area contributed by atoms with Crippen LogP contribution >= 0.6 is 11.3 Å². The molecule has 4 rings (SSSR count). The molecule has 0 aliphatic carbocycles. The molecule has 1 aliphatic heterocycles. The van der Waals surface area contributed by atoms with Gasteiger partial charge in [-0.25, -0.2) is 4.98 Å². The van der Waals surface area contributed by atoms with E-state index in [1.165, 1.54) is 17.7 Å². The van der Waals surface area contributed by atoms with Gasteiger partial charge in [-0.3, -0.25) is 14.4 Å². The van der Waals surface area contributed by atoms with Crippen molar-refractivity contribution in [2.75, 3.05) is 6.54 Å². The lowest BCUT2D eigenvalue weighted by molar-refractivity contribution is 0.245. The van der Waals surface area contributed by atoms with E-state index in [4.69, 9.17) is 0 Å². The van der Waals surface area contributed by atoms with Gasteiger partial charge in [0, 0.05) is 18.0 Å². The van der Waals surface area contributed by atoms with Gasteiger partial charge < -0.3 is 4.98 Å². The van der Waals surface area contributed by atoms with Crippen molar-refractivity contribution in [1.82, 2.24) is 24.6 Å². The van der Waals surface area contributed by atoms with Crippen LogP contribution < -0.4 is 5.56 Å². The average Bonchev–Trinajstić information content (AvgIpc) is 3.20. The van der Waals surface area contributed by atoms with E-state index in [1.54, 1.807) is 22.2 Å². The first-order chi connectivity index (χ1) is 10.7. The Morgan fingerprint density at radius 1 is 1.50 bits per heavy atom. The summed E-state index contributed by atoms with van der Waals surface area (Å²) in [6, 6.07) is 4.72. The molecule has 0 spiro atoms. The molecule has 0 bridgehead atoms.